The summed E-state index contributed by atoms with van der Waals surface area (Å²) in [6.45, 7) is 5.70. The van der Waals surface area contributed by atoms with Crippen LogP contribution in [0.15, 0.2) is 12.4 Å². The Kier molecular flexibility index (Phi) is 5.25. The van der Waals surface area contributed by atoms with Gasteiger partial charge in [0.05, 0.1) is 11.9 Å². The summed E-state index contributed by atoms with van der Waals surface area (Å²) < 4.78 is 0. The number of aromatic nitrogens is 2. The third-order valence-corrected chi connectivity index (χ3v) is 3.74. The molecule has 1 aromatic heterocycles. The van der Waals surface area contributed by atoms with Crippen molar-refractivity contribution < 1.29 is 9.59 Å². The predicted molar refractivity (Wildman–Crippen MR) is 78.7 cm³/mol. The van der Waals surface area contributed by atoms with Crippen LogP contribution in [0.3, 0.4) is 0 Å². The zero-order valence-corrected chi connectivity index (χ0v) is 12.6. The van der Waals surface area contributed by atoms with Gasteiger partial charge in [-0.15, -0.1) is 0 Å². The molecule has 0 radical (unpaired) electrons. The Bertz CT molecular complexity index is 501. The largest absolute Gasteiger partial charge is 0.351 e. The second kappa shape index (κ2) is 7.15. The van der Waals surface area contributed by atoms with Crippen molar-refractivity contribution in [3.05, 3.63) is 23.8 Å². The molecule has 0 aliphatic carbocycles. The number of hydrogen-bond donors (Lipinski definition) is 1. The van der Waals surface area contributed by atoms with Crippen molar-refractivity contribution in [2.45, 2.75) is 33.1 Å². The van der Waals surface area contributed by atoms with Crippen molar-refractivity contribution in [1.82, 2.24) is 20.2 Å². The predicted octanol–water partition coefficient (Wildman–Crippen LogP) is 1.03. The zero-order valence-electron chi connectivity index (χ0n) is 12.6. The molecule has 1 fully saturated rings. The van der Waals surface area contributed by atoms with E-state index in [1.807, 2.05) is 11.8 Å². The summed E-state index contributed by atoms with van der Waals surface area (Å²) in [5.74, 6) is 0.363. The summed E-state index contributed by atoms with van der Waals surface area (Å²) in [5.41, 5.74) is 1.22. The maximum absolute atomic E-state index is 11.6. The number of piperidine rings is 1. The fraction of sp³-hybridized carbons (Fsp3) is 0.600. The molecule has 2 amide bonds. The Morgan fingerprint density at radius 3 is 2.81 bits per heavy atom. The Morgan fingerprint density at radius 2 is 2.19 bits per heavy atom. The third-order valence-electron chi connectivity index (χ3n) is 3.74. The zero-order chi connectivity index (χ0) is 15.2. The molecule has 6 nitrogen and oxygen atoms in total. The number of carbonyl (C=O) groups excluding carboxylic acids is 2. The Morgan fingerprint density at radius 1 is 1.38 bits per heavy atom. The first-order valence-corrected chi connectivity index (χ1v) is 7.44. The molecule has 1 aliphatic heterocycles. The van der Waals surface area contributed by atoms with Crippen LogP contribution in [0.4, 0.5) is 0 Å². The molecule has 0 spiro atoms. The molecule has 1 aliphatic rings. The summed E-state index contributed by atoms with van der Waals surface area (Å²) in [6.07, 6.45) is 6.12. The summed E-state index contributed by atoms with van der Waals surface area (Å²) in [5, 5.41) is 2.70. The molecular formula is C15H22N4O2. The number of nitrogens with zero attached hydrogens (tertiary/aromatic N) is 3. The molecule has 1 N–H and O–H groups in total. The van der Waals surface area contributed by atoms with Crippen molar-refractivity contribution in [1.29, 1.82) is 0 Å². The van der Waals surface area contributed by atoms with Gasteiger partial charge in [0.15, 0.2) is 0 Å². The Hall–Kier alpha value is -1.98. The first-order valence-electron chi connectivity index (χ1n) is 7.44. The summed E-state index contributed by atoms with van der Waals surface area (Å²) in [7, 11) is 0. The monoisotopic (exact) mass is 290 g/mol. The number of carbonyl (C=O) groups is 2. The lowest BCUT2D eigenvalue weighted by atomic mass is 9.93. The normalized spacial score (nSPS) is 18.4. The molecule has 1 saturated heterocycles. The second-order valence-corrected chi connectivity index (χ2v) is 5.43. The van der Waals surface area contributed by atoms with Gasteiger partial charge < -0.3 is 10.2 Å². The topological polar surface area (TPSA) is 75.2 Å². The molecule has 2 heterocycles. The highest BCUT2D eigenvalue weighted by Gasteiger charge is 2.22. The maximum atomic E-state index is 11.6. The van der Waals surface area contributed by atoms with Crippen LogP contribution in [0, 0.1) is 5.92 Å². The Labute approximate surface area is 125 Å². The van der Waals surface area contributed by atoms with Gasteiger partial charge in [-0.2, -0.15) is 0 Å². The van der Waals surface area contributed by atoms with Crippen LogP contribution in [0.1, 0.15) is 42.9 Å². The van der Waals surface area contributed by atoms with Crippen molar-refractivity contribution in [3.8, 4) is 0 Å². The fourth-order valence-corrected chi connectivity index (χ4v) is 2.64. The molecule has 0 aromatic carbocycles. The van der Waals surface area contributed by atoms with E-state index in [0.717, 1.165) is 38.0 Å². The van der Waals surface area contributed by atoms with Gasteiger partial charge in [-0.05, 0) is 32.1 Å². The fourth-order valence-electron chi connectivity index (χ4n) is 2.64. The van der Waals surface area contributed by atoms with E-state index in [0.29, 0.717) is 18.2 Å². The van der Waals surface area contributed by atoms with Gasteiger partial charge in [-0.1, -0.05) is 0 Å². The van der Waals surface area contributed by atoms with Crippen LogP contribution >= 0.6 is 0 Å². The number of rotatable bonds is 4. The molecule has 6 heteroatoms. The SMILES string of the molecule is CCNC(=O)c1cnc(C[C@H]2CCCN(C(C)=O)C2)cn1. The summed E-state index contributed by atoms with van der Waals surface area (Å²) >= 11 is 0. The number of likely N-dealkylation sites (tertiary alicyclic amines) is 1. The van der Waals surface area contributed by atoms with Crippen LogP contribution < -0.4 is 5.32 Å². The minimum atomic E-state index is -0.197. The van der Waals surface area contributed by atoms with E-state index in [2.05, 4.69) is 15.3 Å². The molecule has 0 saturated carbocycles. The van der Waals surface area contributed by atoms with Gasteiger partial charge in [0.25, 0.3) is 5.91 Å². The minimum Gasteiger partial charge on any atom is -0.351 e. The number of nitrogens with one attached hydrogen (secondary N) is 1. The van der Waals surface area contributed by atoms with Gasteiger partial charge in [0.1, 0.15) is 5.69 Å². The highest BCUT2D eigenvalue weighted by atomic mass is 16.2. The van der Waals surface area contributed by atoms with Crippen LogP contribution in [-0.2, 0) is 11.2 Å². The molecule has 1 aromatic rings. The van der Waals surface area contributed by atoms with E-state index in [1.54, 1.807) is 13.1 Å². The first-order chi connectivity index (χ1) is 10.1. The lowest BCUT2D eigenvalue weighted by Gasteiger charge is -2.31. The average molecular weight is 290 g/mol. The molecular weight excluding hydrogens is 268 g/mol. The molecule has 2 rings (SSSR count). The molecule has 21 heavy (non-hydrogen) atoms. The maximum Gasteiger partial charge on any atom is 0.271 e. The molecule has 0 unspecified atom stereocenters. The summed E-state index contributed by atoms with van der Waals surface area (Å²) in [6, 6.07) is 0. The van der Waals surface area contributed by atoms with Crippen LogP contribution in [0.25, 0.3) is 0 Å². The van der Waals surface area contributed by atoms with Crippen molar-refractivity contribution >= 4 is 11.8 Å². The van der Waals surface area contributed by atoms with Crippen molar-refractivity contribution in [2.75, 3.05) is 19.6 Å². The van der Waals surface area contributed by atoms with Gasteiger partial charge in [0, 0.05) is 32.8 Å². The highest BCUT2D eigenvalue weighted by molar-refractivity contribution is 5.91. The lowest BCUT2D eigenvalue weighted by molar-refractivity contribution is -0.130. The van der Waals surface area contributed by atoms with E-state index >= 15 is 0 Å². The van der Waals surface area contributed by atoms with E-state index in [-0.39, 0.29) is 11.8 Å². The van der Waals surface area contributed by atoms with E-state index in [4.69, 9.17) is 0 Å². The summed E-state index contributed by atoms with van der Waals surface area (Å²) in [4.78, 5) is 33.4. The molecule has 114 valence electrons. The average Bonchev–Trinajstić information content (AvgIpc) is 2.48. The van der Waals surface area contributed by atoms with Crippen molar-refractivity contribution in [3.63, 3.8) is 0 Å². The second-order valence-electron chi connectivity index (χ2n) is 5.43. The van der Waals surface area contributed by atoms with E-state index in [1.165, 1.54) is 6.20 Å². The van der Waals surface area contributed by atoms with Gasteiger partial charge >= 0.3 is 0 Å². The standard InChI is InChI=1S/C15H22N4O2/c1-3-16-15(21)14-9-17-13(8-18-14)7-12-5-4-6-19(10-12)11(2)20/h8-9,12H,3-7,10H2,1-2H3,(H,16,21)/t12-/m1/s1. The lowest BCUT2D eigenvalue weighted by Crippen LogP contribution is -2.39. The number of hydrogen-bond acceptors (Lipinski definition) is 4. The molecule has 1 atom stereocenters. The number of amides is 2. The highest BCUT2D eigenvalue weighted by Crippen LogP contribution is 2.19. The van der Waals surface area contributed by atoms with Gasteiger partial charge in [0.2, 0.25) is 5.91 Å². The van der Waals surface area contributed by atoms with Crippen LogP contribution in [0.5, 0.6) is 0 Å². The minimum absolute atomic E-state index is 0.136. The van der Waals surface area contributed by atoms with Gasteiger partial charge in [-0.25, -0.2) is 4.98 Å². The van der Waals surface area contributed by atoms with E-state index in [9.17, 15) is 9.59 Å². The van der Waals surface area contributed by atoms with E-state index < -0.39 is 0 Å². The molecule has 0 bridgehead atoms. The van der Waals surface area contributed by atoms with Gasteiger partial charge in [-0.3, -0.25) is 14.6 Å². The smallest absolute Gasteiger partial charge is 0.271 e. The van der Waals surface area contributed by atoms with Crippen LogP contribution in [0.2, 0.25) is 0 Å². The quantitative estimate of drug-likeness (QED) is 0.898. The third kappa shape index (κ3) is 4.24. The first kappa shape index (κ1) is 15.4. The van der Waals surface area contributed by atoms with Crippen LogP contribution in [-0.4, -0.2) is 46.3 Å². The van der Waals surface area contributed by atoms with Crippen molar-refractivity contribution in [2.24, 2.45) is 5.92 Å². The Balaban J connectivity index is 1.94.